The number of ketones is 1. The van der Waals surface area contributed by atoms with Crippen LogP contribution in [-0.4, -0.2) is 27.7 Å². The predicted molar refractivity (Wildman–Crippen MR) is 128 cm³/mol. The highest BCUT2D eigenvalue weighted by atomic mass is 35.5. The molecule has 2 aliphatic rings. The Morgan fingerprint density at radius 1 is 1.06 bits per heavy atom. The Morgan fingerprint density at radius 3 is 2.35 bits per heavy atom. The minimum absolute atomic E-state index is 0.142. The summed E-state index contributed by atoms with van der Waals surface area (Å²) in [6, 6.07) is 17.0. The van der Waals surface area contributed by atoms with Gasteiger partial charge in [0.05, 0.1) is 12.3 Å². The molecule has 0 fully saturated rings. The number of carbonyl (C=O) groups excluding carboxylic acids is 2. The normalized spacial score (nSPS) is 20.5. The topological polar surface area (TPSA) is 62.2 Å². The van der Waals surface area contributed by atoms with Crippen molar-refractivity contribution in [3.63, 3.8) is 0 Å². The minimum atomic E-state index is -0.942. The Hall–Kier alpha value is -2.42. The lowest BCUT2D eigenvalue weighted by Crippen LogP contribution is -2.49. The second-order valence-electron chi connectivity index (χ2n) is 6.81. The number of carbonyl (C=O) groups is 2. The molecule has 6 nitrogen and oxygen atoms in total. The van der Waals surface area contributed by atoms with Gasteiger partial charge in [-0.05, 0) is 62.0 Å². The molecule has 0 aromatic heterocycles. The molecular weight excluding hydrogens is 454 g/mol. The summed E-state index contributed by atoms with van der Waals surface area (Å²) in [6.45, 7) is 5.43. The van der Waals surface area contributed by atoms with Crippen molar-refractivity contribution in [1.82, 2.24) is 0 Å². The monoisotopic (exact) mass is 473 g/mol. The fraction of sp³-hybridized carbons (Fsp3) is 0.227. The molecule has 1 spiro atoms. The Morgan fingerprint density at radius 2 is 1.74 bits per heavy atom. The number of benzene rings is 2. The van der Waals surface area contributed by atoms with Gasteiger partial charge in [-0.1, -0.05) is 41.6 Å². The molecule has 2 aromatic rings. The van der Waals surface area contributed by atoms with Gasteiger partial charge in [-0.15, -0.1) is 0 Å². The van der Waals surface area contributed by atoms with Gasteiger partial charge in [0.1, 0.15) is 4.91 Å². The molecule has 2 aromatic carbocycles. The Labute approximate surface area is 194 Å². The molecule has 0 saturated carbocycles. The number of hydrazone groups is 1. The third kappa shape index (κ3) is 3.84. The molecule has 9 heteroatoms. The lowest BCUT2D eigenvalue weighted by Gasteiger charge is -2.41. The molecule has 1 atom stereocenters. The number of hydrogen-bond acceptors (Lipinski definition) is 8. The van der Waals surface area contributed by atoms with E-state index in [0.29, 0.717) is 15.0 Å². The quantitative estimate of drug-likeness (QED) is 0.534. The van der Waals surface area contributed by atoms with Crippen LogP contribution in [0.3, 0.4) is 0 Å². The Balaban J connectivity index is 1.89. The molecule has 31 heavy (non-hydrogen) atoms. The van der Waals surface area contributed by atoms with Crippen LogP contribution in [0.25, 0.3) is 0 Å². The number of ether oxygens (including phenoxy) is 1. The number of para-hydroxylation sites is 1. The van der Waals surface area contributed by atoms with Crippen LogP contribution in [0.2, 0.25) is 5.02 Å². The van der Waals surface area contributed by atoms with E-state index in [4.69, 9.17) is 16.3 Å². The van der Waals surface area contributed by atoms with Crippen LogP contribution < -0.4 is 9.91 Å². The van der Waals surface area contributed by atoms with Gasteiger partial charge in [0.2, 0.25) is 4.33 Å². The molecule has 0 amide bonds. The van der Waals surface area contributed by atoms with Crippen molar-refractivity contribution in [2.45, 2.75) is 25.1 Å². The van der Waals surface area contributed by atoms with E-state index in [2.05, 4.69) is 5.10 Å². The fourth-order valence-electron chi connectivity index (χ4n) is 3.38. The molecule has 160 valence electrons. The van der Waals surface area contributed by atoms with E-state index >= 15 is 0 Å². The maximum absolute atomic E-state index is 12.8. The molecule has 0 radical (unpaired) electrons. The number of rotatable bonds is 5. The van der Waals surface area contributed by atoms with E-state index in [0.717, 1.165) is 17.1 Å². The van der Waals surface area contributed by atoms with Crippen LogP contribution in [0, 0.1) is 0 Å². The number of halogens is 1. The molecule has 4 rings (SSSR count). The zero-order valence-electron chi connectivity index (χ0n) is 17.2. The summed E-state index contributed by atoms with van der Waals surface area (Å²) >= 11 is 8.74. The summed E-state index contributed by atoms with van der Waals surface area (Å²) in [5.41, 5.74) is 2.36. The number of allylic oxidation sites excluding steroid dienone is 1. The lowest BCUT2D eigenvalue weighted by molar-refractivity contribution is -0.137. The maximum Gasteiger partial charge on any atom is 0.346 e. The fourth-order valence-corrected chi connectivity index (χ4v) is 6.46. The van der Waals surface area contributed by atoms with Crippen molar-refractivity contribution in [2.24, 2.45) is 5.10 Å². The van der Waals surface area contributed by atoms with Gasteiger partial charge in [0.15, 0.2) is 10.8 Å². The summed E-state index contributed by atoms with van der Waals surface area (Å²) in [6.07, 6.45) is 0. The van der Waals surface area contributed by atoms with Crippen LogP contribution >= 0.6 is 35.1 Å². The first kappa shape index (κ1) is 21.8. The summed E-state index contributed by atoms with van der Waals surface area (Å²) in [7, 11) is 0. The van der Waals surface area contributed by atoms with Crippen molar-refractivity contribution < 1.29 is 14.3 Å². The highest BCUT2D eigenvalue weighted by Gasteiger charge is 2.57. The van der Waals surface area contributed by atoms with Crippen molar-refractivity contribution in [2.75, 3.05) is 16.5 Å². The van der Waals surface area contributed by atoms with Gasteiger partial charge in [0, 0.05) is 23.3 Å². The molecule has 2 heterocycles. The summed E-state index contributed by atoms with van der Waals surface area (Å²) in [4.78, 5) is 27.6. The number of esters is 1. The Bertz CT molecular complexity index is 1090. The molecule has 0 N–H and O–H groups in total. The van der Waals surface area contributed by atoms with Crippen LogP contribution in [0.4, 0.5) is 11.4 Å². The standard InChI is InChI=1S/C22H20ClN3O3S2/c1-4-29-21(28)19-14(2)25(17-8-6-5-7-9-17)22(30-19)26(24-20(31-22)15(3)27)18-12-10-16(23)11-13-18/h5-13H,4H2,1-3H3. The first-order valence-corrected chi connectivity index (χ1v) is 11.6. The number of anilines is 2. The zero-order chi connectivity index (χ0) is 22.2. The molecule has 0 saturated heterocycles. The lowest BCUT2D eigenvalue weighted by atomic mass is 10.2. The van der Waals surface area contributed by atoms with E-state index < -0.39 is 10.3 Å². The molecule has 1 unspecified atom stereocenters. The minimum Gasteiger partial charge on any atom is -0.462 e. The third-order valence-corrected chi connectivity index (χ3v) is 7.94. The maximum atomic E-state index is 12.8. The van der Waals surface area contributed by atoms with Crippen LogP contribution in [-0.2, 0) is 14.3 Å². The summed E-state index contributed by atoms with van der Waals surface area (Å²) < 4.78 is 4.38. The Kier molecular flexibility index (Phi) is 6.05. The number of nitrogens with zero attached hydrogens (tertiary/aromatic N) is 3. The average Bonchev–Trinajstić information content (AvgIpc) is 3.28. The van der Waals surface area contributed by atoms with Crippen molar-refractivity contribution in [3.8, 4) is 0 Å². The third-order valence-electron chi connectivity index (χ3n) is 4.72. The smallest absolute Gasteiger partial charge is 0.346 e. The highest BCUT2D eigenvalue weighted by Crippen LogP contribution is 2.60. The van der Waals surface area contributed by atoms with Gasteiger partial charge < -0.3 is 9.64 Å². The van der Waals surface area contributed by atoms with Crippen molar-refractivity contribution >= 4 is 63.3 Å². The SMILES string of the molecule is CCOC(=O)C1=C(C)N(c2ccccc2)C2(SC(C(C)=O)=NN2c2ccc(Cl)cc2)S1. The van der Waals surface area contributed by atoms with Gasteiger partial charge in [-0.2, -0.15) is 5.10 Å². The van der Waals surface area contributed by atoms with E-state index in [9.17, 15) is 9.59 Å². The van der Waals surface area contributed by atoms with E-state index in [1.54, 1.807) is 24.1 Å². The molecular formula is C22H20ClN3O3S2. The second-order valence-corrected chi connectivity index (χ2v) is 9.84. The van der Waals surface area contributed by atoms with Crippen molar-refractivity contribution in [1.29, 1.82) is 0 Å². The van der Waals surface area contributed by atoms with E-state index in [1.165, 1.54) is 30.4 Å². The number of Topliss-reactive ketones (excluding diaryl/α,β-unsaturated/α-hetero) is 1. The molecule has 0 bridgehead atoms. The largest absolute Gasteiger partial charge is 0.462 e. The average molecular weight is 474 g/mol. The molecule has 2 aliphatic heterocycles. The van der Waals surface area contributed by atoms with E-state index in [1.807, 2.05) is 54.3 Å². The number of thioether (sulfide) groups is 2. The summed E-state index contributed by atoms with van der Waals surface area (Å²) in [5.74, 6) is -0.535. The van der Waals surface area contributed by atoms with Gasteiger partial charge in [0.25, 0.3) is 0 Å². The first-order chi connectivity index (χ1) is 14.9. The van der Waals surface area contributed by atoms with Gasteiger partial charge in [-0.25, -0.2) is 9.80 Å². The van der Waals surface area contributed by atoms with E-state index in [-0.39, 0.29) is 12.4 Å². The first-order valence-electron chi connectivity index (χ1n) is 9.64. The second kappa shape index (κ2) is 8.61. The van der Waals surface area contributed by atoms with Crippen LogP contribution in [0.15, 0.2) is 70.3 Å². The van der Waals surface area contributed by atoms with Gasteiger partial charge in [-0.3, -0.25) is 4.79 Å². The molecule has 0 aliphatic carbocycles. The summed E-state index contributed by atoms with van der Waals surface area (Å²) in [5, 5.41) is 7.39. The number of hydrogen-bond donors (Lipinski definition) is 0. The van der Waals surface area contributed by atoms with Crippen molar-refractivity contribution in [3.05, 3.63) is 70.2 Å². The highest BCUT2D eigenvalue weighted by molar-refractivity contribution is 8.29. The predicted octanol–water partition coefficient (Wildman–Crippen LogP) is 5.46. The van der Waals surface area contributed by atoms with Crippen LogP contribution in [0.1, 0.15) is 20.8 Å². The van der Waals surface area contributed by atoms with Crippen LogP contribution in [0.5, 0.6) is 0 Å². The van der Waals surface area contributed by atoms with Gasteiger partial charge >= 0.3 is 5.97 Å². The zero-order valence-corrected chi connectivity index (χ0v) is 19.6.